The SMILES string of the molecule is COc1cc2c(=O)[nH]c(Cc3ccc(-c4cc(F)cc(F)c4)nc3)nc2c(NCC2(O)CC2)c1OC. The van der Waals surface area contributed by atoms with E-state index in [0.29, 0.717) is 58.0 Å². The first kappa shape index (κ1) is 23.7. The number of aromatic amines is 1. The molecular formula is C26H24F2N4O4. The lowest BCUT2D eigenvalue weighted by Crippen LogP contribution is -2.22. The van der Waals surface area contributed by atoms with Crippen molar-refractivity contribution in [1.29, 1.82) is 0 Å². The Kier molecular flexibility index (Phi) is 6.05. The number of methoxy groups -OCH3 is 2. The average Bonchev–Trinajstić information content (AvgIpc) is 3.59. The molecule has 2 heterocycles. The number of H-pyrrole nitrogens is 1. The highest BCUT2D eigenvalue weighted by Gasteiger charge is 2.40. The van der Waals surface area contributed by atoms with Gasteiger partial charge in [-0.05, 0) is 42.7 Å². The van der Waals surface area contributed by atoms with Crippen LogP contribution in [0.3, 0.4) is 0 Å². The van der Waals surface area contributed by atoms with Crippen LogP contribution in [0.1, 0.15) is 24.2 Å². The molecule has 186 valence electrons. The van der Waals surface area contributed by atoms with Crippen molar-refractivity contribution in [1.82, 2.24) is 15.0 Å². The second-order valence-electron chi connectivity index (χ2n) is 8.86. The summed E-state index contributed by atoms with van der Waals surface area (Å²) in [5, 5.41) is 13.8. The van der Waals surface area contributed by atoms with Gasteiger partial charge in [0.05, 0.1) is 30.9 Å². The van der Waals surface area contributed by atoms with E-state index in [9.17, 15) is 18.7 Å². The van der Waals surface area contributed by atoms with Crippen molar-refractivity contribution in [2.75, 3.05) is 26.1 Å². The van der Waals surface area contributed by atoms with Crippen LogP contribution in [0.25, 0.3) is 22.2 Å². The number of ether oxygens (including phenoxy) is 2. The highest BCUT2D eigenvalue weighted by atomic mass is 19.1. The Labute approximate surface area is 204 Å². The van der Waals surface area contributed by atoms with Crippen molar-refractivity contribution in [3.8, 4) is 22.8 Å². The Morgan fingerprint density at radius 2 is 1.86 bits per heavy atom. The minimum Gasteiger partial charge on any atom is -0.493 e. The van der Waals surface area contributed by atoms with Crippen molar-refractivity contribution < 1.29 is 23.4 Å². The van der Waals surface area contributed by atoms with Gasteiger partial charge in [-0.3, -0.25) is 9.78 Å². The van der Waals surface area contributed by atoms with E-state index >= 15 is 0 Å². The summed E-state index contributed by atoms with van der Waals surface area (Å²) in [5.41, 5.74) is 1.17. The van der Waals surface area contributed by atoms with Gasteiger partial charge in [0.15, 0.2) is 11.5 Å². The fourth-order valence-corrected chi connectivity index (χ4v) is 4.05. The van der Waals surface area contributed by atoms with Gasteiger partial charge >= 0.3 is 0 Å². The quantitative estimate of drug-likeness (QED) is 0.342. The van der Waals surface area contributed by atoms with Gasteiger partial charge in [0.1, 0.15) is 28.7 Å². The Morgan fingerprint density at radius 1 is 1.11 bits per heavy atom. The van der Waals surface area contributed by atoms with Crippen LogP contribution in [-0.2, 0) is 6.42 Å². The van der Waals surface area contributed by atoms with Crippen molar-refractivity contribution in [3.63, 3.8) is 0 Å². The number of nitrogens with zero attached hydrogens (tertiary/aromatic N) is 2. The molecule has 0 amide bonds. The van der Waals surface area contributed by atoms with Gasteiger partial charge in [0.25, 0.3) is 5.56 Å². The van der Waals surface area contributed by atoms with E-state index in [1.165, 1.54) is 26.4 Å². The Balaban J connectivity index is 1.50. The molecule has 8 nitrogen and oxygen atoms in total. The Bertz CT molecular complexity index is 1480. The van der Waals surface area contributed by atoms with Crippen molar-refractivity contribution in [2.45, 2.75) is 24.9 Å². The van der Waals surface area contributed by atoms with E-state index < -0.39 is 17.2 Å². The lowest BCUT2D eigenvalue weighted by molar-refractivity contribution is 0.164. The third-order valence-corrected chi connectivity index (χ3v) is 6.17. The minimum absolute atomic E-state index is 0.258. The van der Waals surface area contributed by atoms with Crippen LogP contribution in [0.2, 0.25) is 0 Å². The molecule has 2 aromatic heterocycles. The molecule has 0 unspecified atom stereocenters. The summed E-state index contributed by atoms with van der Waals surface area (Å²) in [6, 6.07) is 8.20. The zero-order chi connectivity index (χ0) is 25.4. The molecule has 0 saturated heterocycles. The van der Waals surface area contributed by atoms with Gasteiger partial charge in [-0.2, -0.15) is 0 Å². The summed E-state index contributed by atoms with van der Waals surface area (Å²) in [4.78, 5) is 24.8. The minimum atomic E-state index is -0.789. The average molecular weight is 494 g/mol. The fourth-order valence-electron chi connectivity index (χ4n) is 4.05. The number of halogens is 2. The maximum absolute atomic E-state index is 13.6. The molecule has 0 bridgehead atoms. The number of nitrogens with one attached hydrogen (secondary N) is 2. The number of anilines is 1. The molecule has 0 aliphatic heterocycles. The molecule has 1 aliphatic rings. The Morgan fingerprint density at radius 3 is 2.47 bits per heavy atom. The zero-order valence-electron chi connectivity index (χ0n) is 19.7. The molecule has 36 heavy (non-hydrogen) atoms. The van der Waals surface area contributed by atoms with Crippen molar-refractivity contribution in [3.05, 3.63) is 76.0 Å². The van der Waals surface area contributed by atoms with Gasteiger partial charge < -0.3 is 24.9 Å². The lowest BCUT2D eigenvalue weighted by atomic mass is 10.1. The largest absolute Gasteiger partial charge is 0.493 e. The van der Waals surface area contributed by atoms with Crippen LogP contribution in [0.15, 0.2) is 47.4 Å². The van der Waals surface area contributed by atoms with Gasteiger partial charge in [-0.15, -0.1) is 0 Å². The van der Waals surface area contributed by atoms with E-state index in [4.69, 9.17) is 9.47 Å². The molecule has 5 rings (SSSR count). The number of benzene rings is 2. The number of fused-ring (bicyclic) bond motifs is 1. The molecule has 1 fully saturated rings. The van der Waals surface area contributed by atoms with Crippen LogP contribution >= 0.6 is 0 Å². The van der Waals surface area contributed by atoms with E-state index in [1.807, 2.05) is 0 Å². The topological polar surface area (TPSA) is 109 Å². The fraction of sp³-hybridized carbons (Fsp3) is 0.269. The second-order valence-corrected chi connectivity index (χ2v) is 8.86. The van der Waals surface area contributed by atoms with Gasteiger partial charge in [0.2, 0.25) is 0 Å². The molecule has 0 atom stereocenters. The predicted octanol–water partition coefficient (Wildman–Crippen LogP) is 3.81. The zero-order valence-corrected chi connectivity index (χ0v) is 19.7. The monoisotopic (exact) mass is 494 g/mol. The Hall–Kier alpha value is -4.05. The van der Waals surface area contributed by atoms with Crippen LogP contribution < -0.4 is 20.3 Å². The maximum Gasteiger partial charge on any atom is 0.258 e. The second kappa shape index (κ2) is 9.19. The normalized spacial score (nSPS) is 14.0. The molecule has 1 aliphatic carbocycles. The lowest BCUT2D eigenvalue weighted by Gasteiger charge is -2.18. The van der Waals surface area contributed by atoms with E-state index in [1.54, 1.807) is 24.4 Å². The van der Waals surface area contributed by atoms with Crippen molar-refractivity contribution >= 4 is 16.6 Å². The van der Waals surface area contributed by atoms with E-state index in [2.05, 4.69) is 20.3 Å². The van der Waals surface area contributed by atoms with E-state index in [-0.39, 0.29) is 18.5 Å². The number of hydrogen-bond donors (Lipinski definition) is 3. The number of aromatic nitrogens is 3. The molecule has 10 heteroatoms. The molecule has 0 radical (unpaired) electrons. The molecular weight excluding hydrogens is 470 g/mol. The molecule has 0 spiro atoms. The number of pyridine rings is 1. The van der Waals surface area contributed by atoms with Gasteiger partial charge in [0, 0.05) is 30.8 Å². The summed E-state index contributed by atoms with van der Waals surface area (Å²) in [7, 11) is 2.97. The van der Waals surface area contributed by atoms with E-state index in [0.717, 1.165) is 11.6 Å². The first-order chi connectivity index (χ1) is 17.3. The predicted molar refractivity (Wildman–Crippen MR) is 131 cm³/mol. The number of aliphatic hydroxyl groups is 1. The van der Waals surface area contributed by atoms with Gasteiger partial charge in [-0.25, -0.2) is 13.8 Å². The first-order valence-electron chi connectivity index (χ1n) is 11.3. The van der Waals surface area contributed by atoms with Crippen LogP contribution in [0, 0.1) is 11.6 Å². The molecule has 1 saturated carbocycles. The van der Waals surface area contributed by atoms with Crippen LogP contribution in [-0.4, -0.2) is 46.4 Å². The van der Waals surface area contributed by atoms with Crippen molar-refractivity contribution in [2.24, 2.45) is 0 Å². The summed E-state index contributed by atoms with van der Waals surface area (Å²) in [6.45, 7) is 0.279. The summed E-state index contributed by atoms with van der Waals surface area (Å²) in [6.07, 6.45) is 3.20. The third-order valence-electron chi connectivity index (χ3n) is 6.17. The first-order valence-corrected chi connectivity index (χ1v) is 11.3. The summed E-state index contributed by atoms with van der Waals surface area (Å²) >= 11 is 0. The summed E-state index contributed by atoms with van der Waals surface area (Å²) in [5.74, 6) is -0.229. The highest BCUT2D eigenvalue weighted by molar-refractivity contribution is 5.96. The maximum atomic E-state index is 13.6. The smallest absolute Gasteiger partial charge is 0.258 e. The highest BCUT2D eigenvalue weighted by Crippen LogP contribution is 2.42. The van der Waals surface area contributed by atoms with Crippen LogP contribution in [0.4, 0.5) is 14.5 Å². The molecule has 2 aromatic carbocycles. The van der Waals surface area contributed by atoms with Crippen LogP contribution in [0.5, 0.6) is 11.5 Å². The molecule has 3 N–H and O–H groups in total. The number of rotatable bonds is 8. The number of hydrogen-bond acceptors (Lipinski definition) is 7. The summed E-state index contributed by atoms with van der Waals surface area (Å²) < 4.78 is 38.1. The standard InChI is InChI=1S/C26H24F2N4O4/c1-35-20-11-18-22(23(24(20)36-2)30-13-26(34)5-6-26)31-21(32-25(18)33)7-14-3-4-19(29-12-14)15-8-16(27)10-17(28)9-15/h3-4,8-12,30,34H,5-7,13H2,1-2H3,(H,31,32,33). The third kappa shape index (κ3) is 4.72. The van der Waals surface area contributed by atoms with Gasteiger partial charge in [-0.1, -0.05) is 6.07 Å². The molecule has 4 aromatic rings.